The molecule has 0 aliphatic rings. The molecular weight excluding hydrogens is 244 g/mol. The number of benzene rings is 1. The van der Waals surface area contributed by atoms with Gasteiger partial charge in [0.05, 0.1) is 10.5 Å². The molecule has 2 aromatic rings. The maximum Gasteiger partial charge on any atom is 0.209 e. The lowest BCUT2D eigenvalue weighted by molar-refractivity contribution is 0.523. The molecule has 74 valence electrons. The molecule has 0 fully saturated rings. The van der Waals surface area contributed by atoms with Crippen molar-refractivity contribution in [2.45, 2.75) is 18.2 Å². The molecule has 1 aromatic heterocycles. The van der Waals surface area contributed by atoms with Gasteiger partial charge in [-0.1, -0.05) is 28.9 Å². The summed E-state index contributed by atoms with van der Waals surface area (Å²) in [7, 11) is 0. The normalized spacial score (nSPS) is 13.3. The standard InChI is InChI=1S/C10H11BrN2O/c1-2-6(11)10-13-9-7(12)4-3-5-8(9)14-10/h3-6H,2,12H2,1H3. The predicted octanol–water partition coefficient (Wildman–Crippen LogP) is 3.26. The van der Waals surface area contributed by atoms with Gasteiger partial charge in [-0.25, -0.2) is 4.98 Å². The molecule has 0 bridgehead atoms. The van der Waals surface area contributed by atoms with Gasteiger partial charge in [0.2, 0.25) is 5.89 Å². The third-order valence-electron chi connectivity index (χ3n) is 2.09. The van der Waals surface area contributed by atoms with Crippen LogP contribution in [0.4, 0.5) is 5.69 Å². The van der Waals surface area contributed by atoms with Crippen LogP contribution >= 0.6 is 15.9 Å². The number of nitrogen functional groups attached to an aromatic ring is 1. The van der Waals surface area contributed by atoms with E-state index in [4.69, 9.17) is 10.2 Å². The van der Waals surface area contributed by atoms with E-state index in [1.807, 2.05) is 18.2 Å². The predicted molar refractivity (Wildman–Crippen MR) is 60.4 cm³/mol. The lowest BCUT2D eigenvalue weighted by Gasteiger charge is -1.97. The maximum absolute atomic E-state index is 5.77. The molecule has 14 heavy (non-hydrogen) atoms. The number of hydrogen-bond donors (Lipinski definition) is 1. The number of fused-ring (bicyclic) bond motifs is 1. The highest BCUT2D eigenvalue weighted by atomic mass is 79.9. The zero-order chi connectivity index (χ0) is 10.1. The molecule has 1 heterocycles. The number of nitrogens with two attached hydrogens (primary N) is 1. The summed E-state index contributed by atoms with van der Waals surface area (Å²) in [6.07, 6.45) is 0.937. The third kappa shape index (κ3) is 1.50. The molecule has 0 aliphatic heterocycles. The number of nitrogens with zero attached hydrogens (tertiary/aromatic N) is 1. The molecule has 0 saturated carbocycles. The van der Waals surface area contributed by atoms with Crippen molar-refractivity contribution in [3.8, 4) is 0 Å². The Balaban J connectivity index is 2.56. The molecule has 0 spiro atoms. The van der Waals surface area contributed by atoms with E-state index in [0.717, 1.165) is 17.5 Å². The summed E-state index contributed by atoms with van der Waals surface area (Å²) >= 11 is 3.49. The van der Waals surface area contributed by atoms with Gasteiger partial charge in [-0.05, 0) is 18.6 Å². The van der Waals surface area contributed by atoms with Gasteiger partial charge in [0.15, 0.2) is 5.58 Å². The van der Waals surface area contributed by atoms with Crippen LogP contribution in [-0.4, -0.2) is 4.98 Å². The monoisotopic (exact) mass is 254 g/mol. The van der Waals surface area contributed by atoms with Gasteiger partial charge in [-0.15, -0.1) is 0 Å². The number of hydrogen-bond acceptors (Lipinski definition) is 3. The first-order valence-electron chi connectivity index (χ1n) is 4.51. The van der Waals surface area contributed by atoms with Gasteiger partial charge in [0, 0.05) is 0 Å². The molecule has 1 aromatic carbocycles. The summed E-state index contributed by atoms with van der Waals surface area (Å²) < 4.78 is 5.56. The van der Waals surface area contributed by atoms with Crippen LogP contribution in [0.15, 0.2) is 22.6 Å². The van der Waals surface area contributed by atoms with Gasteiger partial charge in [0.25, 0.3) is 0 Å². The highest BCUT2D eigenvalue weighted by molar-refractivity contribution is 9.09. The molecule has 0 aliphatic carbocycles. The molecule has 0 amide bonds. The van der Waals surface area contributed by atoms with Crippen LogP contribution in [0.3, 0.4) is 0 Å². The quantitative estimate of drug-likeness (QED) is 0.661. The molecule has 0 saturated heterocycles. The molecule has 2 rings (SSSR count). The van der Waals surface area contributed by atoms with Crippen LogP contribution < -0.4 is 5.73 Å². The first kappa shape index (κ1) is 9.52. The Bertz CT molecular complexity index is 452. The second kappa shape index (κ2) is 3.61. The number of rotatable bonds is 2. The van der Waals surface area contributed by atoms with Crippen molar-refractivity contribution in [2.24, 2.45) is 0 Å². The van der Waals surface area contributed by atoms with Gasteiger partial charge in [-0.3, -0.25) is 0 Å². The van der Waals surface area contributed by atoms with Gasteiger partial charge in [-0.2, -0.15) is 0 Å². The fourth-order valence-corrected chi connectivity index (χ4v) is 1.49. The van der Waals surface area contributed by atoms with Crippen LogP contribution in [-0.2, 0) is 0 Å². The lowest BCUT2D eigenvalue weighted by atomic mass is 10.3. The van der Waals surface area contributed by atoms with E-state index in [-0.39, 0.29) is 4.83 Å². The van der Waals surface area contributed by atoms with Gasteiger partial charge >= 0.3 is 0 Å². The van der Waals surface area contributed by atoms with Crippen LogP contribution in [0.5, 0.6) is 0 Å². The van der Waals surface area contributed by atoms with Crippen molar-refractivity contribution < 1.29 is 4.42 Å². The summed E-state index contributed by atoms with van der Waals surface area (Å²) in [5, 5.41) is 0. The Morgan fingerprint density at radius 1 is 1.57 bits per heavy atom. The minimum atomic E-state index is 0.161. The third-order valence-corrected chi connectivity index (χ3v) is 3.13. The van der Waals surface area contributed by atoms with Crippen LogP contribution in [0.1, 0.15) is 24.1 Å². The van der Waals surface area contributed by atoms with Gasteiger partial charge < -0.3 is 10.2 Å². The second-order valence-corrected chi connectivity index (χ2v) is 4.23. The van der Waals surface area contributed by atoms with Crippen molar-refractivity contribution in [3.05, 3.63) is 24.1 Å². The van der Waals surface area contributed by atoms with Crippen LogP contribution in [0, 0.1) is 0 Å². The minimum absolute atomic E-state index is 0.161. The number of para-hydroxylation sites is 1. The summed E-state index contributed by atoms with van der Waals surface area (Å²) in [6, 6.07) is 5.56. The van der Waals surface area contributed by atoms with Crippen LogP contribution in [0.2, 0.25) is 0 Å². The molecule has 0 radical (unpaired) electrons. The zero-order valence-electron chi connectivity index (χ0n) is 7.83. The van der Waals surface area contributed by atoms with E-state index in [2.05, 4.69) is 27.8 Å². The first-order chi connectivity index (χ1) is 6.72. The zero-order valence-corrected chi connectivity index (χ0v) is 9.41. The van der Waals surface area contributed by atoms with Crippen molar-refractivity contribution in [3.63, 3.8) is 0 Å². The Labute approximate surface area is 90.4 Å². The molecular formula is C10H11BrN2O. The topological polar surface area (TPSA) is 52.0 Å². The van der Waals surface area contributed by atoms with E-state index >= 15 is 0 Å². The number of alkyl halides is 1. The number of halogens is 1. The van der Waals surface area contributed by atoms with Crippen molar-refractivity contribution in [1.29, 1.82) is 0 Å². The lowest BCUT2D eigenvalue weighted by Crippen LogP contribution is -1.88. The largest absolute Gasteiger partial charge is 0.439 e. The van der Waals surface area contributed by atoms with E-state index in [1.165, 1.54) is 0 Å². The average Bonchev–Trinajstić information content (AvgIpc) is 2.62. The minimum Gasteiger partial charge on any atom is -0.439 e. The Morgan fingerprint density at radius 3 is 3.00 bits per heavy atom. The second-order valence-electron chi connectivity index (χ2n) is 3.12. The summed E-state index contributed by atoms with van der Waals surface area (Å²) in [4.78, 5) is 4.51. The molecule has 2 N–H and O–H groups in total. The highest BCUT2D eigenvalue weighted by Crippen LogP contribution is 2.30. The van der Waals surface area contributed by atoms with E-state index in [0.29, 0.717) is 11.6 Å². The SMILES string of the molecule is CCC(Br)c1nc2c(N)cccc2o1. The molecule has 1 unspecified atom stereocenters. The van der Waals surface area contributed by atoms with Crippen molar-refractivity contribution in [2.75, 3.05) is 5.73 Å². The highest BCUT2D eigenvalue weighted by Gasteiger charge is 2.13. The number of oxazole rings is 1. The molecule has 1 atom stereocenters. The molecule has 3 nitrogen and oxygen atoms in total. The fraction of sp³-hybridized carbons (Fsp3) is 0.300. The Morgan fingerprint density at radius 2 is 2.36 bits per heavy atom. The van der Waals surface area contributed by atoms with Crippen molar-refractivity contribution in [1.82, 2.24) is 4.98 Å². The smallest absolute Gasteiger partial charge is 0.209 e. The summed E-state index contributed by atoms with van der Waals surface area (Å²) in [6.45, 7) is 2.07. The Kier molecular flexibility index (Phi) is 2.46. The van der Waals surface area contributed by atoms with E-state index in [9.17, 15) is 0 Å². The average molecular weight is 255 g/mol. The first-order valence-corrected chi connectivity index (χ1v) is 5.43. The summed E-state index contributed by atoms with van der Waals surface area (Å²) in [5.74, 6) is 0.695. The maximum atomic E-state index is 5.77. The van der Waals surface area contributed by atoms with Crippen LogP contribution in [0.25, 0.3) is 11.1 Å². The number of aromatic nitrogens is 1. The van der Waals surface area contributed by atoms with Crippen molar-refractivity contribution >= 4 is 32.7 Å². The fourth-order valence-electron chi connectivity index (χ4n) is 1.30. The number of anilines is 1. The van der Waals surface area contributed by atoms with Gasteiger partial charge in [0.1, 0.15) is 5.52 Å². The Hall–Kier alpha value is -1.03. The van der Waals surface area contributed by atoms with E-state index < -0.39 is 0 Å². The van der Waals surface area contributed by atoms with E-state index in [1.54, 1.807) is 0 Å². The summed E-state index contributed by atoms with van der Waals surface area (Å²) in [5.41, 5.74) is 7.93. The molecule has 4 heteroatoms.